The summed E-state index contributed by atoms with van der Waals surface area (Å²) in [6, 6.07) is 0. The molecule has 1 aliphatic rings. The summed E-state index contributed by atoms with van der Waals surface area (Å²) in [7, 11) is 5.92. The van der Waals surface area contributed by atoms with E-state index in [9.17, 15) is 0 Å². The quantitative estimate of drug-likeness (QED) is 0.253. The van der Waals surface area contributed by atoms with Crippen LogP contribution in [0.1, 0.15) is 65.9 Å². The Bertz CT molecular complexity index is 787. The molecular weight excluding hydrogens is 495 g/mol. The van der Waals surface area contributed by atoms with Crippen LogP contribution in [0.5, 0.6) is 0 Å². The van der Waals surface area contributed by atoms with Gasteiger partial charge in [-0.15, -0.1) is 35.3 Å². The number of halogens is 1. The van der Waals surface area contributed by atoms with E-state index in [-0.39, 0.29) is 24.0 Å². The van der Waals surface area contributed by atoms with Gasteiger partial charge in [-0.1, -0.05) is 13.8 Å². The molecule has 2 aromatic heterocycles. The molecule has 2 aromatic rings. The molecule has 0 aliphatic heterocycles. The topological polar surface area (TPSA) is 58.3 Å². The molecule has 1 N–H and O–H groups in total. The maximum atomic E-state index is 4.85. The van der Waals surface area contributed by atoms with Gasteiger partial charge in [0.25, 0.3) is 0 Å². The molecule has 0 amide bonds. The number of thiazole rings is 1. The zero-order valence-electron chi connectivity index (χ0n) is 18.4. The third-order valence-electron chi connectivity index (χ3n) is 5.21. The van der Waals surface area contributed by atoms with Crippen molar-refractivity contribution in [1.29, 1.82) is 0 Å². The lowest BCUT2D eigenvalue weighted by molar-refractivity contribution is 0.472. The van der Waals surface area contributed by atoms with Crippen molar-refractivity contribution in [3.63, 3.8) is 0 Å². The molecule has 8 heteroatoms. The molecule has 0 saturated heterocycles. The standard InChI is InChI=1S/C21H34N6S.HI/c1-15(2)20-16(14-27(5)25-20)13-26(4)21(22-3)23-12-8-11-19-24-17-9-6-7-10-18(17)28-19;/h14-15H,6-13H2,1-5H3,(H,22,23);1H. The number of nitrogens with one attached hydrogen (secondary N) is 1. The van der Waals surface area contributed by atoms with E-state index in [1.165, 1.54) is 46.8 Å². The van der Waals surface area contributed by atoms with Crippen LogP contribution in [0, 0.1) is 0 Å². The Labute approximate surface area is 196 Å². The lowest BCUT2D eigenvalue weighted by Crippen LogP contribution is -2.39. The predicted octanol–water partition coefficient (Wildman–Crippen LogP) is 4.14. The normalized spacial score (nSPS) is 13.9. The van der Waals surface area contributed by atoms with Crippen molar-refractivity contribution in [1.82, 2.24) is 25.0 Å². The van der Waals surface area contributed by atoms with E-state index in [1.54, 1.807) is 0 Å². The Morgan fingerprint density at radius 2 is 2.10 bits per heavy atom. The lowest BCUT2D eigenvalue weighted by Gasteiger charge is -2.22. The highest BCUT2D eigenvalue weighted by molar-refractivity contribution is 14.0. The summed E-state index contributed by atoms with van der Waals surface area (Å²) in [5.41, 5.74) is 3.79. The molecule has 0 saturated carbocycles. The number of aryl methyl sites for hydroxylation is 4. The summed E-state index contributed by atoms with van der Waals surface area (Å²) in [5.74, 6) is 1.35. The van der Waals surface area contributed by atoms with Gasteiger partial charge in [-0.25, -0.2) is 4.98 Å². The van der Waals surface area contributed by atoms with Crippen LogP contribution < -0.4 is 5.32 Å². The van der Waals surface area contributed by atoms with Gasteiger partial charge in [-0.2, -0.15) is 5.10 Å². The van der Waals surface area contributed by atoms with Gasteiger partial charge >= 0.3 is 0 Å². The maximum absolute atomic E-state index is 4.85. The summed E-state index contributed by atoms with van der Waals surface area (Å²) < 4.78 is 1.91. The molecule has 29 heavy (non-hydrogen) atoms. The number of hydrogen-bond donors (Lipinski definition) is 1. The zero-order chi connectivity index (χ0) is 20.1. The number of guanidine groups is 1. The highest BCUT2D eigenvalue weighted by Crippen LogP contribution is 2.27. The Hall–Kier alpha value is -1.16. The minimum atomic E-state index is 0. The van der Waals surface area contributed by atoms with Crippen LogP contribution in [0.4, 0.5) is 0 Å². The van der Waals surface area contributed by atoms with Crippen molar-refractivity contribution < 1.29 is 0 Å². The number of fused-ring (bicyclic) bond motifs is 1. The molecule has 2 heterocycles. The van der Waals surface area contributed by atoms with Crippen LogP contribution >= 0.6 is 35.3 Å². The number of rotatable bonds is 7. The van der Waals surface area contributed by atoms with Gasteiger partial charge in [0.2, 0.25) is 0 Å². The lowest BCUT2D eigenvalue weighted by atomic mass is 10.0. The molecule has 3 rings (SSSR count). The first-order valence-corrected chi connectivity index (χ1v) is 11.2. The van der Waals surface area contributed by atoms with E-state index in [2.05, 4.69) is 47.4 Å². The van der Waals surface area contributed by atoms with Gasteiger partial charge in [0, 0.05) is 57.3 Å². The summed E-state index contributed by atoms with van der Waals surface area (Å²) in [6.07, 6.45) is 9.27. The second-order valence-electron chi connectivity index (χ2n) is 7.99. The first-order chi connectivity index (χ1) is 13.5. The SMILES string of the molecule is CN=C(NCCCc1nc2c(s1)CCCC2)N(C)Cc1cn(C)nc1C(C)C.I. The van der Waals surface area contributed by atoms with Crippen LogP contribution in [-0.2, 0) is 32.9 Å². The first kappa shape index (κ1) is 24.1. The smallest absolute Gasteiger partial charge is 0.193 e. The molecule has 0 spiro atoms. The molecule has 6 nitrogen and oxygen atoms in total. The van der Waals surface area contributed by atoms with E-state index in [4.69, 9.17) is 4.98 Å². The van der Waals surface area contributed by atoms with Crippen LogP contribution in [0.25, 0.3) is 0 Å². The van der Waals surface area contributed by atoms with Crippen molar-refractivity contribution in [2.24, 2.45) is 12.0 Å². The fourth-order valence-corrected chi connectivity index (χ4v) is 5.03. The largest absolute Gasteiger partial charge is 0.356 e. The predicted molar refractivity (Wildman–Crippen MR) is 133 cm³/mol. The average molecular weight is 531 g/mol. The summed E-state index contributed by atoms with van der Waals surface area (Å²) >= 11 is 1.93. The van der Waals surface area contributed by atoms with Crippen molar-refractivity contribution >= 4 is 41.3 Å². The number of hydrogen-bond acceptors (Lipinski definition) is 4. The Morgan fingerprint density at radius 1 is 1.34 bits per heavy atom. The third kappa shape index (κ3) is 6.41. The second-order valence-corrected chi connectivity index (χ2v) is 9.15. The Balaban J connectivity index is 0.00000300. The minimum absolute atomic E-state index is 0. The Morgan fingerprint density at radius 3 is 2.79 bits per heavy atom. The van der Waals surface area contributed by atoms with Crippen LogP contribution in [-0.4, -0.2) is 46.3 Å². The van der Waals surface area contributed by atoms with Crippen molar-refractivity contribution in [3.05, 3.63) is 33.0 Å². The van der Waals surface area contributed by atoms with Gasteiger partial charge in [-0.3, -0.25) is 9.67 Å². The van der Waals surface area contributed by atoms with Crippen molar-refractivity contribution in [2.75, 3.05) is 20.6 Å². The highest BCUT2D eigenvalue weighted by Gasteiger charge is 2.16. The van der Waals surface area contributed by atoms with Gasteiger partial charge in [0.05, 0.1) is 16.4 Å². The molecule has 0 unspecified atom stereocenters. The molecule has 0 aromatic carbocycles. The van der Waals surface area contributed by atoms with Crippen LogP contribution in [0.2, 0.25) is 0 Å². The zero-order valence-corrected chi connectivity index (χ0v) is 21.5. The second kappa shape index (κ2) is 11.3. The fourth-order valence-electron chi connectivity index (χ4n) is 3.83. The molecule has 0 atom stereocenters. The van der Waals surface area contributed by atoms with E-state index in [0.29, 0.717) is 5.92 Å². The van der Waals surface area contributed by atoms with Crippen molar-refractivity contribution in [3.8, 4) is 0 Å². The Kier molecular flexibility index (Phi) is 9.39. The molecule has 162 valence electrons. The van der Waals surface area contributed by atoms with Crippen molar-refractivity contribution in [2.45, 2.75) is 64.8 Å². The monoisotopic (exact) mass is 530 g/mol. The molecule has 0 bridgehead atoms. The molecule has 0 fully saturated rings. The number of nitrogens with zero attached hydrogens (tertiary/aromatic N) is 5. The minimum Gasteiger partial charge on any atom is -0.356 e. The van der Waals surface area contributed by atoms with Crippen LogP contribution in [0.15, 0.2) is 11.2 Å². The summed E-state index contributed by atoms with van der Waals surface area (Å²) in [6.45, 7) is 6.09. The van der Waals surface area contributed by atoms with Gasteiger partial charge < -0.3 is 10.2 Å². The summed E-state index contributed by atoms with van der Waals surface area (Å²) in [4.78, 5) is 13.0. The van der Waals surface area contributed by atoms with E-state index >= 15 is 0 Å². The van der Waals surface area contributed by atoms with Gasteiger partial charge in [-0.05, 0) is 38.0 Å². The average Bonchev–Trinajstić information content (AvgIpc) is 3.24. The van der Waals surface area contributed by atoms with Crippen LogP contribution in [0.3, 0.4) is 0 Å². The van der Waals surface area contributed by atoms with Gasteiger partial charge in [0.15, 0.2) is 5.96 Å². The van der Waals surface area contributed by atoms with E-state index < -0.39 is 0 Å². The van der Waals surface area contributed by atoms with E-state index in [0.717, 1.165) is 37.6 Å². The molecular formula is C21H35IN6S. The highest BCUT2D eigenvalue weighted by atomic mass is 127. The fraction of sp³-hybridized carbons (Fsp3) is 0.667. The first-order valence-electron chi connectivity index (χ1n) is 10.4. The molecule has 0 radical (unpaired) electrons. The number of aromatic nitrogens is 3. The third-order valence-corrected chi connectivity index (χ3v) is 6.42. The number of aliphatic imine (C=N–C) groups is 1. The van der Waals surface area contributed by atoms with Gasteiger partial charge in [0.1, 0.15) is 0 Å². The summed E-state index contributed by atoms with van der Waals surface area (Å²) in [5, 5.41) is 9.41. The molecule has 1 aliphatic carbocycles. The maximum Gasteiger partial charge on any atom is 0.193 e. The van der Waals surface area contributed by atoms with E-state index in [1.807, 2.05) is 30.1 Å².